The second-order valence-corrected chi connectivity index (χ2v) is 9.29. The van der Waals surface area contributed by atoms with Gasteiger partial charge in [0.1, 0.15) is 0 Å². The Morgan fingerprint density at radius 2 is 1.76 bits per heavy atom. The fourth-order valence-corrected chi connectivity index (χ4v) is 4.63. The number of ether oxygens (including phenoxy) is 1. The van der Waals surface area contributed by atoms with Crippen LogP contribution in [0, 0.1) is 0 Å². The van der Waals surface area contributed by atoms with E-state index >= 15 is 0 Å². The molecule has 1 aliphatic carbocycles. The van der Waals surface area contributed by atoms with Gasteiger partial charge < -0.3 is 10.1 Å². The minimum Gasteiger partial charge on any atom is -0.385 e. The molecule has 2 aromatic carbocycles. The van der Waals surface area contributed by atoms with E-state index in [1.807, 2.05) is 12.1 Å². The molecule has 0 aromatic heterocycles. The van der Waals surface area contributed by atoms with Gasteiger partial charge in [-0.2, -0.15) is 0 Å². The van der Waals surface area contributed by atoms with Crippen LogP contribution in [0.25, 0.3) is 0 Å². The molecule has 29 heavy (non-hydrogen) atoms. The molecule has 2 aromatic rings. The molecule has 2 N–H and O–H groups in total. The average molecular weight is 437 g/mol. The van der Waals surface area contributed by atoms with Gasteiger partial charge in [0.05, 0.1) is 10.3 Å². The molecule has 0 spiro atoms. The molecule has 3 rings (SSSR count). The molecule has 8 heteroatoms. The van der Waals surface area contributed by atoms with Crippen molar-refractivity contribution in [2.75, 3.05) is 25.0 Å². The number of methoxy groups -OCH3 is 1. The topological polar surface area (TPSA) is 84.5 Å². The number of hydrogen-bond donors (Lipinski definition) is 2. The molecular weight excluding hydrogens is 412 g/mol. The summed E-state index contributed by atoms with van der Waals surface area (Å²) >= 11 is 5.82. The van der Waals surface area contributed by atoms with Crippen LogP contribution in [0.2, 0.25) is 5.02 Å². The molecule has 0 aliphatic heterocycles. The lowest BCUT2D eigenvalue weighted by atomic mass is 9.64. The van der Waals surface area contributed by atoms with Gasteiger partial charge in [-0.25, -0.2) is 8.42 Å². The fourth-order valence-electron chi connectivity index (χ4n) is 3.45. The lowest BCUT2D eigenvalue weighted by molar-refractivity contribution is -0.129. The van der Waals surface area contributed by atoms with Crippen molar-refractivity contribution in [2.24, 2.45) is 0 Å². The molecule has 0 unspecified atom stereocenters. The number of rotatable bonds is 9. The van der Waals surface area contributed by atoms with Crippen LogP contribution in [0.3, 0.4) is 0 Å². The summed E-state index contributed by atoms with van der Waals surface area (Å²) in [6.07, 6.45) is 3.35. The maximum absolute atomic E-state index is 12.8. The van der Waals surface area contributed by atoms with E-state index in [0.29, 0.717) is 23.9 Å². The molecule has 0 radical (unpaired) electrons. The van der Waals surface area contributed by atoms with Crippen LogP contribution >= 0.6 is 11.6 Å². The van der Waals surface area contributed by atoms with Crippen LogP contribution in [0.1, 0.15) is 31.2 Å². The monoisotopic (exact) mass is 436 g/mol. The van der Waals surface area contributed by atoms with Crippen molar-refractivity contribution in [1.82, 2.24) is 5.32 Å². The zero-order valence-electron chi connectivity index (χ0n) is 16.3. The van der Waals surface area contributed by atoms with E-state index < -0.39 is 15.4 Å². The highest BCUT2D eigenvalue weighted by atomic mass is 35.5. The molecule has 6 nitrogen and oxygen atoms in total. The molecule has 1 amide bonds. The third-order valence-electron chi connectivity index (χ3n) is 5.27. The normalized spacial score (nSPS) is 15.4. The zero-order chi connectivity index (χ0) is 20.9. The van der Waals surface area contributed by atoms with Crippen molar-refractivity contribution in [3.8, 4) is 0 Å². The first-order chi connectivity index (χ1) is 13.9. The summed E-state index contributed by atoms with van der Waals surface area (Å²) in [4.78, 5) is 12.9. The summed E-state index contributed by atoms with van der Waals surface area (Å²) in [5, 5.41) is 3.47. The van der Waals surface area contributed by atoms with Crippen molar-refractivity contribution in [2.45, 2.75) is 36.0 Å². The standard InChI is InChI=1S/C21H25ClN2O4S/c1-28-15-3-14-23-20(25)21(12-2-13-21)16-4-8-18(9-5-16)24-29(26,27)19-10-6-17(22)7-11-19/h4-11,24H,2-3,12-15H2,1H3,(H,23,25). The molecule has 0 bridgehead atoms. The fraction of sp³-hybridized carbons (Fsp3) is 0.381. The van der Waals surface area contributed by atoms with Gasteiger partial charge in [0.2, 0.25) is 5.91 Å². The van der Waals surface area contributed by atoms with Gasteiger partial charge in [-0.3, -0.25) is 9.52 Å². The molecule has 1 fully saturated rings. The predicted octanol–water partition coefficient (Wildman–Crippen LogP) is 3.72. The van der Waals surface area contributed by atoms with Crippen LogP contribution in [-0.4, -0.2) is 34.6 Å². The van der Waals surface area contributed by atoms with Crippen LogP contribution in [0.5, 0.6) is 0 Å². The van der Waals surface area contributed by atoms with E-state index in [0.717, 1.165) is 31.2 Å². The Bertz CT molecular complexity index is 940. The highest BCUT2D eigenvalue weighted by Crippen LogP contribution is 2.44. The smallest absolute Gasteiger partial charge is 0.261 e. The number of carbonyl (C=O) groups is 1. The quantitative estimate of drug-likeness (QED) is 0.587. The van der Waals surface area contributed by atoms with Crippen molar-refractivity contribution in [3.05, 3.63) is 59.1 Å². The van der Waals surface area contributed by atoms with Crippen LogP contribution < -0.4 is 10.0 Å². The first-order valence-corrected chi connectivity index (χ1v) is 11.4. The van der Waals surface area contributed by atoms with Crippen LogP contribution in [0.4, 0.5) is 5.69 Å². The maximum Gasteiger partial charge on any atom is 0.261 e. The zero-order valence-corrected chi connectivity index (χ0v) is 17.9. The van der Waals surface area contributed by atoms with Gasteiger partial charge in [0.25, 0.3) is 10.0 Å². The minimum atomic E-state index is -3.70. The van der Waals surface area contributed by atoms with E-state index in [-0.39, 0.29) is 10.8 Å². The lowest BCUT2D eigenvalue weighted by Gasteiger charge is -2.40. The van der Waals surface area contributed by atoms with E-state index in [1.54, 1.807) is 19.2 Å². The third-order valence-corrected chi connectivity index (χ3v) is 6.92. The van der Waals surface area contributed by atoms with Gasteiger partial charge >= 0.3 is 0 Å². The molecule has 1 saturated carbocycles. The third kappa shape index (κ3) is 4.91. The number of halogens is 1. The van der Waals surface area contributed by atoms with Gasteiger partial charge in [-0.1, -0.05) is 30.2 Å². The SMILES string of the molecule is COCCCNC(=O)C1(c2ccc(NS(=O)(=O)c3ccc(Cl)cc3)cc2)CCC1. The number of nitrogens with one attached hydrogen (secondary N) is 2. The minimum absolute atomic E-state index is 0.0225. The summed E-state index contributed by atoms with van der Waals surface area (Å²) < 4.78 is 32.6. The second-order valence-electron chi connectivity index (χ2n) is 7.17. The van der Waals surface area contributed by atoms with E-state index in [1.165, 1.54) is 24.3 Å². The molecule has 0 atom stereocenters. The Labute approximate surface area is 176 Å². The number of amides is 1. The highest BCUT2D eigenvalue weighted by Gasteiger charge is 2.45. The summed E-state index contributed by atoms with van der Waals surface area (Å²) in [5.41, 5.74) is 0.821. The van der Waals surface area contributed by atoms with Crippen LogP contribution in [-0.2, 0) is 25.0 Å². The Kier molecular flexibility index (Phi) is 6.82. The first-order valence-electron chi connectivity index (χ1n) is 9.54. The summed E-state index contributed by atoms with van der Waals surface area (Å²) in [5.74, 6) is 0.0225. The summed E-state index contributed by atoms with van der Waals surface area (Å²) in [7, 11) is -2.07. The molecule has 1 aliphatic rings. The average Bonchev–Trinajstić information content (AvgIpc) is 2.66. The van der Waals surface area contributed by atoms with Gasteiger partial charge in [-0.05, 0) is 61.2 Å². The van der Waals surface area contributed by atoms with Crippen molar-refractivity contribution >= 4 is 33.2 Å². The first kappa shape index (κ1) is 21.6. The predicted molar refractivity (Wildman–Crippen MR) is 114 cm³/mol. The van der Waals surface area contributed by atoms with Crippen LogP contribution in [0.15, 0.2) is 53.4 Å². The Morgan fingerprint density at radius 3 is 2.31 bits per heavy atom. The van der Waals surface area contributed by atoms with Gasteiger partial charge in [-0.15, -0.1) is 0 Å². The van der Waals surface area contributed by atoms with Gasteiger partial charge in [0.15, 0.2) is 0 Å². The number of anilines is 1. The number of hydrogen-bond acceptors (Lipinski definition) is 4. The van der Waals surface area contributed by atoms with Crippen molar-refractivity contribution in [1.29, 1.82) is 0 Å². The van der Waals surface area contributed by atoms with E-state index in [2.05, 4.69) is 10.0 Å². The van der Waals surface area contributed by atoms with Gasteiger partial charge in [0, 0.05) is 31.0 Å². The van der Waals surface area contributed by atoms with Crippen molar-refractivity contribution < 1.29 is 17.9 Å². The number of benzene rings is 2. The molecule has 156 valence electrons. The summed E-state index contributed by atoms with van der Waals surface area (Å²) in [6.45, 7) is 1.18. The lowest BCUT2D eigenvalue weighted by Crippen LogP contribution is -2.49. The Balaban J connectivity index is 1.70. The Hall–Kier alpha value is -2.09. The summed E-state index contributed by atoms with van der Waals surface area (Å²) in [6, 6.07) is 13.0. The molecule has 0 saturated heterocycles. The molecular formula is C21H25ClN2O4S. The van der Waals surface area contributed by atoms with E-state index in [4.69, 9.17) is 16.3 Å². The highest BCUT2D eigenvalue weighted by molar-refractivity contribution is 7.92. The van der Waals surface area contributed by atoms with E-state index in [9.17, 15) is 13.2 Å². The number of sulfonamides is 1. The number of carbonyl (C=O) groups excluding carboxylic acids is 1. The maximum atomic E-state index is 12.8. The molecule has 0 heterocycles. The second kappa shape index (κ2) is 9.15. The Morgan fingerprint density at radius 1 is 1.10 bits per heavy atom. The largest absolute Gasteiger partial charge is 0.385 e. The van der Waals surface area contributed by atoms with Crippen molar-refractivity contribution in [3.63, 3.8) is 0 Å².